The van der Waals surface area contributed by atoms with Gasteiger partial charge in [0.05, 0.1) is 31.4 Å². The molecule has 4 aromatic rings. The van der Waals surface area contributed by atoms with Crippen LogP contribution in [0.1, 0.15) is 36.8 Å². The summed E-state index contributed by atoms with van der Waals surface area (Å²) in [6, 6.07) is 12.1. The molecule has 2 aromatic heterocycles. The lowest BCUT2D eigenvalue weighted by Gasteiger charge is -2.34. The highest BCUT2D eigenvalue weighted by molar-refractivity contribution is 6.18. The molecule has 11 heteroatoms. The second-order valence-electron chi connectivity index (χ2n) is 10.5. The molecule has 0 atom stereocenters. The van der Waals surface area contributed by atoms with Crippen LogP contribution in [0.25, 0.3) is 22.6 Å². The highest BCUT2D eigenvalue weighted by Crippen LogP contribution is 2.39. The molecule has 0 saturated carbocycles. The zero-order valence-electron chi connectivity index (χ0n) is 23.0. The number of guanidine groups is 1. The third-order valence-corrected chi connectivity index (χ3v) is 7.21. The predicted octanol–water partition coefficient (Wildman–Crippen LogP) is 5.52. The van der Waals surface area contributed by atoms with Crippen molar-refractivity contribution < 1.29 is 22.7 Å². The molecule has 0 spiro atoms. The first-order valence-electron chi connectivity index (χ1n) is 13.1. The summed E-state index contributed by atoms with van der Waals surface area (Å²) in [5, 5.41) is 0. The van der Waals surface area contributed by atoms with Gasteiger partial charge >= 0.3 is 0 Å². The number of fused-ring (bicyclic) bond motifs is 3. The zero-order chi connectivity index (χ0) is 29.1. The van der Waals surface area contributed by atoms with Crippen molar-refractivity contribution in [2.45, 2.75) is 32.9 Å². The molecule has 0 unspecified atom stereocenters. The molecule has 0 N–H and O–H groups in total. The van der Waals surface area contributed by atoms with Crippen molar-refractivity contribution in [2.75, 3.05) is 25.1 Å². The van der Waals surface area contributed by atoms with Crippen LogP contribution in [0.15, 0.2) is 59.7 Å². The van der Waals surface area contributed by atoms with Crippen LogP contribution < -0.4 is 9.64 Å². The third-order valence-electron chi connectivity index (χ3n) is 7.21. The fourth-order valence-electron chi connectivity index (χ4n) is 5.31. The van der Waals surface area contributed by atoms with E-state index in [1.165, 1.54) is 25.3 Å². The number of hydrogen-bond acceptors (Lipinski definition) is 6. The Morgan fingerprint density at radius 2 is 1.73 bits per heavy atom. The molecule has 0 radical (unpaired) electrons. The van der Waals surface area contributed by atoms with Gasteiger partial charge in [-0.2, -0.15) is 0 Å². The van der Waals surface area contributed by atoms with Gasteiger partial charge in [-0.05, 0) is 63.2 Å². The number of imidazole rings is 1. The third kappa shape index (κ3) is 4.41. The molecule has 2 aliphatic heterocycles. The first-order chi connectivity index (χ1) is 19.6. The Bertz CT molecular complexity index is 1700. The number of methoxy groups -OCH3 is 1. The van der Waals surface area contributed by atoms with E-state index in [0.29, 0.717) is 41.9 Å². The van der Waals surface area contributed by atoms with Crippen LogP contribution >= 0.6 is 0 Å². The van der Waals surface area contributed by atoms with E-state index in [9.17, 15) is 13.6 Å². The maximum absolute atomic E-state index is 15.4. The minimum absolute atomic E-state index is 0.0660. The van der Waals surface area contributed by atoms with E-state index in [-0.39, 0.29) is 29.5 Å². The number of halogens is 3. The lowest BCUT2D eigenvalue weighted by molar-refractivity contribution is 0.0841. The van der Waals surface area contributed by atoms with Crippen LogP contribution in [0.5, 0.6) is 5.75 Å². The largest absolute Gasteiger partial charge is 0.491 e. The quantitative estimate of drug-likeness (QED) is 0.311. The Balaban J connectivity index is 1.52. The van der Waals surface area contributed by atoms with Crippen molar-refractivity contribution >= 4 is 17.7 Å². The van der Waals surface area contributed by atoms with E-state index < -0.39 is 22.9 Å². The van der Waals surface area contributed by atoms with Crippen LogP contribution in [-0.4, -0.2) is 57.0 Å². The van der Waals surface area contributed by atoms with Crippen molar-refractivity contribution in [1.29, 1.82) is 0 Å². The fourth-order valence-corrected chi connectivity index (χ4v) is 5.31. The Morgan fingerprint density at radius 1 is 1.00 bits per heavy atom. The van der Waals surface area contributed by atoms with Crippen molar-refractivity contribution in [3.63, 3.8) is 0 Å². The molecule has 0 fully saturated rings. The Morgan fingerprint density at radius 3 is 2.39 bits per heavy atom. The van der Waals surface area contributed by atoms with Crippen LogP contribution in [0.3, 0.4) is 0 Å². The van der Waals surface area contributed by atoms with Crippen molar-refractivity contribution in [2.24, 2.45) is 4.99 Å². The van der Waals surface area contributed by atoms with Gasteiger partial charge in [0.1, 0.15) is 17.5 Å². The number of pyridine rings is 1. The predicted molar refractivity (Wildman–Crippen MR) is 148 cm³/mol. The van der Waals surface area contributed by atoms with Gasteiger partial charge in [-0.3, -0.25) is 19.6 Å². The smallest absolute Gasteiger partial charge is 0.283 e. The second kappa shape index (κ2) is 9.76. The van der Waals surface area contributed by atoms with Crippen molar-refractivity contribution in [3.8, 4) is 28.4 Å². The number of rotatable bonds is 6. The van der Waals surface area contributed by atoms with E-state index in [1.807, 2.05) is 25.7 Å². The average molecular weight is 561 g/mol. The van der Waals surface area contributed by atoms with E-state index in [4.69, 9.17) is 14.7 Å². The first kappa shape index (κ1) is 26.5. The second-order valence-corrected chi connectivity index (χ2v) is 10.5. The molecule has 2 aliphatic rings. The summed E-state index contributed by atoms with van der Waals surface area (Å²) in [7, 11) is 1.21. The molecule has 4 heterocycles. The molecular weight excluding hydrogens is 533 g/mol. The number of ether oxygens (including phenoxy) is 1. The highest BCUT2D eigenvalue weighted by Gasteiger charge is 2.46. The van der Waals surface area contributed by atoms with E-state index in [1.54, 1.807) is 39.9 Å². The minimum Gasteiger partial charge on any atom is -0.491 e. The molecule has 41 heavy (non-hydrogen) atoms. The van der Waals surface area contributed by atoms with Gasteiger partial charge in [0.2, 0.25) is 5.96 Å². The minimum atomic E-state index is -0.835. The molecule has 6 rings (SSSR count). The van der Waals surface area contributed by atoms with Crippen LogP contribution in [0.2, 0.25) is 0 Å². The van der Waals surface area contributed by atoms with Crippen LogP contribution in [0, 0.1) is 17.5 Å². The zero-order valence-corrected chi connectivity index (χ0v) is 23.0. The number of aromatic nitrogens is 3. The van der Waals surface area contributed by atoms with E-state index >= 15 is 4.39 Å². The number of carbonyl (C=O) groups excluding carboxylic acids is 1. The lowest BCUT2D eigenvalue weighted by atomic mass is 10.1. The summed E-state index contributed by atoms with van der Waals surface area (Å²) < 4.78 is 49.8. The molecule has 8 nitrogen and oxygen atoms in total. The number of hydrogen-bond donors (Lipinski definition) is 0. The number of amides is 1. The monoisotopic (exact) mass is 560 g/mol. The van der Waals surface area contributed by atoms with Gasteiger partial charge in [-0.1, -0.05) is 6.07 Å². The van der Waals surface area contributed by atoms with Gasteiger partial charge < -0.3 is 9.30 Å². The van der Waals surface area contributed by atoms with Gasteiger partial charge in [0.15, 0.2) is 23.1 Å². The molecule has 1 amide bonds. The number of anilines is 1. The molecule has 0 bridgehead atoms. The van der Waals surface area contributed by atoms with Gasteiger partial charge in [0, 0.05) is 29.4 Å². The van der Waals surface area contributed by atoms with Crippen LogP contribution in [0.4, 0.5) is 19.0 Å². The molecule has 2 aromatic carbocycles. The lowest BCUT2D eigenvalue weighted by Crippen LogP contribution is -2.51. The molecule has 0 saturated heterocycles. The number of carbonyl (C=O) groups is 1. The maximum atomic E-state index is 15.4. The fraction of sp³-hybridized carbons (Fsp3) is 0.267. The topological polar surface area (TPSA) is 75.8 Å². The van der Waals surface area contributed by atoms with Crippen LogP contribution in [-0.2, 0) is 6.54 Å². The Labute approximate surface area is 234 Å². The summed E-state index contributed by atoms with van der Waals surface area (Å²) in [6.45, 7) is 6.61. The van der Waals surface area contributed by atoms with Gasteiger partial charge in [-0.15, -0.1) is 0 Å². The first-order valence-corrected chi connectivity index (χ1v) is 13.1. The van der Waals surface area contributed by atoms with E-state index in [2.05, 4.69) is 4.98 Å². The summed E-state index contributed by atoms with van der Waals surface area (Å²) >= 11 is 0. The Kier molecular flexibility index (Phi) is 6.32. The van der Waals surface area contributed by atoms with Gasteiger partial charge in [-0.25, -0.2) is 23.1 Å². The summed E-state index contributed by atoms with van der Waals surface area (Å²) in [4.78, 5) is 31.3. The van der Waals surface area contributed by atoms with Crippen molar-refractivity contribution in [1.82, 2.24) is 19.4 Å². The Hall–Kier alpha value is -4.67. The maximum Gasteiger partial charge on any atom is 0.283 e. The van der Waals surface area contributed by atoms with Gasteiger partial charge in [0.25, 0.3) is 5.91 Å². The molecular formula is C30H27F3N6O2. The summed E-state index contributed by atoms with van der Waals surface area (Å²) in [5.74, 6) is -1.43. The summed E-state index contributed by atoms with van der Waals surface area (Å²) in [6.07, 6.45) is 1.61. The normalized spacial score (nSPS) is 15.6. The average Bonchev–Trinajstić information content (AvgIpc) is 3.48. The summed E-state index contributed by atoms with van der Waals surface area (Å²) in [5.41, 5.74) is 1.80. The molecule has 210 valence electrons. The number of nitrogens with zero attached hydrogens (tertiary/aromatic N) is 6. The van der Waals surface area contributed by atoms with E-state index in [0.717, 1.165) is 11.6 Å². The number of aliphatic imine (C=N–C) groups is 1. The molecule has 0 aliphatic carbocycles. The number of benzene rings is 2. The standard InChI is InChI=1S/C30H27F3N6O2/c1-5-37-28(40)24-27(39-16-30(2,3)36-29(37)39)38(15-19-8-12-21(32)25(41-4)23(19)33)26(35-24)18-9-13-22(34-14-18)17-6-10-20(31)11-7-17/h6-14H,5,15-16H2,1-4H3. The highest BCUT2D eigenvalue weighted by atomic mass is 19.1. The van der Waals surface area contributed by atoms with Crippen molar-refractivity contribution in [3.05, 3.63) is 83.4 Å². The SMILES string of the molecule is CCN1C(=O)c2nc(-c3ccc(-c4ccc(F)cc4)nc3)n(Cc3ccc(F)c(OC)c3F)c2N2CC(C)(C)N=C12.